The van der Waals surface area contributed by atoms with Crippen LogP contribution in [0.25, 0.3) is 11.3 Å². The molecule has 0 unspecified atom stereocenters. The maximum Gasteiger partial charge on any atom is 0.417 e. The quantitative estimate of drug-likeness (QED) is 0.384. The van der Waals surface area contributed by atoms with Crippen LogP contribution in [0.3, 0.4) is 0 Å². The molecule has 34 heavy (non-hydrogen) atoms. The zero-order valence-electron chi connectivity index (χ0n) is 17.6. The summed E-state index contributed by atoms with van der Waals surface area (Å²) in [5, 5.41) is 48.1. The maximum absolute atomic E-state index is 13.6. The van der Waals surface area contributed by atoms with Gasteiger partial charge < -0.3 is 39.6 Å². The zero-order chi connectivity index (χ0) is 25.4. The number of nitrogens with zero attached hydrogens (tertiary/aromatic N) is 1. The van der Waals surface area contributed by atoms with E-state index in [9.17, 15) is 43.2 Å². The topological polar surface area (TPSA) is 159 Å². The predicted octanol–water partition coefficient (Wildman–Crippen LogP) is 1.09. The Kier molecular flexibility index (Phi) is 7.33. The molecule has 1 fully saturated rings. The summed E-state index contributed by atoms with van der Waals surface area (Å²) >= 11 is 0. The third-order valence-electron chi connectivity index (χ3n) is 5.48. The van der Waals surface area contributed by atoms with Crippen LogP contribution < -0.4 is 0 Å². The number of aromatic nitrogens is 1. The molecule has 1 aliphatic heterocycles. The summed E-state index contributed by atoms with van der Waals surface area (Å²) in [4.78, 5) is 22.8. The molecule has 1 aliphatic rings. The molecule has 5 atom stereocenters. The number of carboxylic acids is 2. The molecule has 0 spiro atoms. The summed E-state index contributed by atoms with van der Waals surface area (Å²) in [5.74, 6) is -2.96. The molecule has 13 heteroatoms. The Balaban J connectivity index is 1.89. The van der Waals surface area contributed by atoms with Crippen LogP contribution in [-0.2, 0) is 27.0 Å². The highest BCUT2D eigenvalue weighted by Gasteiger charge is 2.47. The van der Waals surface area contributed by atoms with Crippen LogP contribution in [0.4, 0.5) is 13.2 Å². The Hall–Kier alpha value is -2.97. The van der Waals surface area contributed by atoms with Gasteiger partial charge in [0.05, 0.1) is 23.4 Å². The van der Waals surface area contributed by atoms with Crippen molar-refractivity contribution in [3.8, 4) is 11.3 Å². The summed E-state index contributed by atoms with van der Waals surface area (Å²) < 4.78 is 52.3. The van der Waals surface area contributed by atoms with E-state index in [1.54, 1.807) is 0 Å². The summed E-state index contributed by atoms with van der Waals surface area (Å²) in [6.45, 7) is 0.788. The van der Waals surface area contributed by atoms with Crippen LogP contribution in [0, 0.1) is 6.92 Å². The lowest BCUT2D eigenvalue weighted by molar-refractivity contribution is -0.294. The Morgan fingerprint density at radius 2 is 1.74 bits per heavy atom. The number of aliphatic hydroxyl groups excluding tert-OH is 3. The molecule has 5 N–H and O–H groups in total. The summed E-state index contributed by atoms with van der Waals surface area (Å²) in [5.41, 5.74) is -1.38. The lowest BCUT2D eigenvalue weighted by atomic mass is 9.99. The van der Waals surface area contributed by atoms with E-state index < -0.39 is 54.4 Å². The smallest absolute Gasteiger partial charge is 0.417 e. The number of aromatic carboxylic acids is 1. The number of ether oxygens (including phenoxy) is 2. The molecule has 3 rings (SSSR count). The Bertz CT molecular complexity index is 1070. The van der Waals surface area contributed by atoms with Crippen molar-refractivity contribution in [3.05, 3.63) is 47.2 Å². The van der Waals surface area contributed by atoms with E-state index >= 15 is 0 Å². The summed E-state index contributed by atoms with van der Waals surface area (Å²) in [7, 11) is 0. The predicted molar refractivity (Wildman–Crippen MR) is 107 cm³/mol. The van der Waals surface area contributed by atoms with Gasteiger partial charge in [-0.25, -0.2) is 9.59 Å². The largest absolute Gasteiger partial charge is 0.479 e. The molecule has 0 radical (unpaired) electrons. The van der Waals surface area contributed by atoms with E-state index in [1.807, 2.05) is 0 Å². The summed E-state index contributed by atoms with van der Waals surface area (Å²) in [6.07, 6.45) is -12.7. The van der Waals surface area contributed by atoms with Crippen LogP contribution in [0.1, 0.15) is 21.5 Å². The van der Waals surface area contributed by atoms with Crippen LogP contribution in [0.5, 0.6) is 0 Å². The van der Waals surface area contributed by atoms with E-state index in [0.717, 1.165) is 12.3 Å². The molecular weight excluding hydrogens is 467 g/mol. The Labute approximate surface area is 190 Å². The van der Waals surface area contributed by atoms with E-state index in [4.69, 9.17) is 14.6 Å². The van der Waals surface area contributed by atoms with Crippen molar-refractivity contribution in [2.45, 2.75) is 50.4 Å². The minimum absolute atomic E-state index is 0.0158. The molecule has 0 saturated carbocycles. The minimum Gasteiger partial charge on any atom is -0.479 e. The van der Waals surface area contributed by atoms with Gasteiger partial charge in [-0.2, -0.15) is 13.2 Å². The van der Waals surface area contributed by atoms with Crippen LogP contribution in [-0.4, -0.2) is 79.4 Å². The molecule has 2 aromatic rings. The fourth-order valence-electron chi connectivity index (χ4n) is 3.80. The molecule has 0 bridgehead atoms. The fourth-order valence-corrected chi connectivity index (χ4v) is 3.80. The molecule has 1 aromatic heterocycles. The first-order valence-corrected chi connectivity index (χ1v) is 9.98. The number of alkyl halides is 3. The second-order valence-corrected chi connectivity index (χ2v) is 7.66. The number of rotatable bonds is 7. The highest BCUT2D eigenvalue weighted by molar-refractivity contribution is 5.92. The second-order valence-electron chi connectivity index (χ2n) is 7.66. The van der Waals surface area contributed by atoms with E-state index in [0.29, 0.717) is 0 Å². The molecule has 0 aliphatic carbocycles. The average molecular weight is 489 g/mol. The number of benzene rings is 1. The maximum atomic E-state index is 13.6. The van der Waals surface area contributed by atoms with Gasteiger partial charge in [0.1, 0.15) is 18.3 Å². The van der Waals surface area contributed by atoms with Crippen molar-refractivity contribution in [3.63, 3.8) is 0 Å². The third kappa shape index (κ3) is 4.93. The third-order valence-corrected chi connectivity index (χ3v) is 5.48. The minimum atomic E-state index is -4.71. The molecule has 10 nitrogen and oxygen atoms in total. The van der Waals surface area contributed by atoms with Crippen LogP contribution >= 0.6 is 0 Å². The Morgan fingerprint density at radius 1 is 1.09 bits per heavy atom. The molecule has 1 saturated heterocycles. The van der Waals surface area contributed by atoms with E-state index in [1.165, 1.54) is 29.7 Å². The highest BCUT2D eigenvalue weighted by Crippen LogP contribution is 2.39. The van der Waals surface area contributed by atoms with Gasteiger partial charge >= 0.3 is 18.1 Å². The first-order chi connectivity index (χ1) is 15.8. The number of hydrogen-bond acceptors (Lipinski definition) is 7. The van der Waals surface area contributed by atoms with Gasteiger partial charge in [0.15, 0.2) is 12.4 Å². The zero-order valence-corrected chi connectivity index (χ0v) is 17.6. The van der Waals surface area contributed by atoms with Gasteiger partial charge in [0.25, 0.3) is 0 Å². The Morgan fingerprint density at radius 3 is 2.32 bits per heavy atom. The standard InChI is InChI=1S/C21H22F3NO9/c1-9-11(18(29)30)8-25(13(9)10-4-2-3-5-12(10)21(22,23)24)6-7-33-20-16(28)14(26)15(27)17(34-20)19(31)32/h2-5,8,14-17,20,26-28H,6-7H2,1H3,(H,29,30)(H,31,32)/t14-,15-,16+,17-,20+/m0/s1. The van der Waals surface area contributed by atoms with Crippen LogP contribution in [0.2, 0.25) is 0 Å². The van der Waals surface area contributed by atoms with E-state index in [-0.39, 0.29) is 35.5 Å². The van der Waals surface area contributed by atoms with Gasteiger partial charge in [0.2, 0.25) is 0 Å². The van der Waals surface area contributed by atoms with Crippen molar-refractivity contribution in [1.29, 1.82) is 0 Å². The average Bonchev–Trinajstić information content (AvgIpc) is 3.09. The summed E-state index contributed by atoms with van der Waals surface area (Å²) in [6, 6.07) is 4.66. The van der Waals surface area contributed by atoms with Gasteiger partial charge in [-0.3, -0.25) is 0 Å². The lowest BCUT2D eigenvalue weighted by Gasteiger charge is -2.38. The van der Waals surface area contributed by atoms with Crippen molar-refractivity contribution in [2.75, 3.05) is 6.61 Å². The van der Waals surface area contributed by atoms with Crippen molar-refractivity contribution in [2.24, 2.45) is 0 Å². The monoisotopic (exact) mass is 489 g/mol. The SMILES string of the molecule is Cc1c(C(=O)O)cn(CCO[C@@H]2O[C@H](C(=O)O)[C@@H](O)[C@H](O)[C@H]2O)c1-c1ccccc1C(F)(F)F. The highest BCUT2D eigenvalue weighted by atomic mass is 19.4. The lowest BCUT2D eigenvalue weighted by Crippen LogP contribution is -2.60. The van der Waals surface area contributed by atoms with Gasteiger partial charge in [-0.05, 0) is 18.6 Å². The number of carbonyl (C=O) groups is 2. The molecular formula is C21H22F3NO9. The normalized spacial score (nSPS) is 25.3. The molecule has 2 heterocycles. The van der Waals surface area contributed by atoms with Crippen molar-refractivity contribution >= 4 is 11.9 Å². The fraction of sp³-hybridized carbons (Fsp3) is 0.429. The van der Waals surface area contributed by atoms with Gasteiger partial charge in [0, 0.05) is 18.3 Å². The molecule has 0 amide bonds. The first-order valence-electron chi connectivity index (χ1n) is 9.98. The number of halogens is 3. The molecule has 186 valence electrons. The van der Waals surface area contributed by atoms with Gasteiger partial charge in [-0.1, -0.05) is 18.2 Å². The van der Waals surface area contributed by atoms with Crippen LogP contribution in [0.15, 0.2) is 30.5 Å². The first kappa shape index (κ1) is 25.6. The van der Waals surface area contributed by atoms with Crippen molar-refractivity contribution in [1.82, 2.24) is 4.57 Å². The number of aliphatic carboxylic acids is 1. The van der Waals surface area contributed by atoms with E-state index in [2.05, 4.69) is 0 Å². The number of aliphatic hydroxyl groups is 3. The van der Waals surface area contributed by atoms with Gasteiger partial charge in [-0.15, -0.1) is 0 Å². The van der Waals surface area contributed by atoms with Crippen molar-refractivity contribution < 1.29 is 57.8 Å². The second kappa shape index (κ2) is 9.72. The molecule has 1 aromatic carbocycles. The number of carboxylic acid groups (broad SMARTS) is 2. The number of hydrogen-bond donors (Lipinski definition) is 5.